The maximum atomic E-state index is 14.7. The molecule has 2 atom stereocenters. The Bertz CT molecular complexity index is 530. The van der Waals surface area contributed by atoms with Gasteiger partial charge >= 0.3 is 0 Å². The lowest BCUT2D eigenvalue weighted by Crippen LogP contribution is -2.32. The van der Waals surface area contributed by atoms with Crippen LogP contribution < -0.4 is 5.32 Å². The van der Waals surface area contributed by atoms with E-state index in [9.17, 15) is 4.39 Å². The summed E-state index contributed by atoms with van der Waals surface area (Å²) in [4.78, 5) is 4.12. The van der Waals surface area contributed by atoms with Crippen LogP contribution in [-0.2, 0) is 0 Å². The molecule has 0 spiro atoms. The lowest BCUT2D eigenvalue weighted by Gasteiger charge is -2.26. The van der Waals surface area contributed by atoms with Crippen molar-refractivity contribution in [2.75, 3.05) is 13.1 Å². The summed E-state index contributed by atoms with van der Waals surface area (Å²) in [5.41, 5.74) is 0.786. The average molecular weight is 244 g/mol. The molecular weight excluding hydrogens is 227 g/mol. The second kappa shape index (κ2) is 5.02. The Morgan fingerprint density at radius 3 is 3.11 bits per heavy atom. The molecular formula is C15H17FN2. The number of nitrogens with one attached hydrogen (secondary N) is 1. The van der Waals surface area contributed by atoms with Gasteiger partial charge in [-0.15, -0.1) is 0 Å². The van der Waals surface area contributed by atoms with Crippen LogP contribution in [0.2, 0.25) is 0 Å². The van der Waals surface area contributed by atoms with Crippen molar-refractivity contribution in [2.24, 2.45) is 5.92 Å². The van der Waals surface area contributed by atoms with Gasteiger partial charge in [-0.05, 0) is 36.4 Å². The number of halogens is 1. The first kappa shape index (κ1) is 11.6. The van der Waals surface area contributed by atoms with Gasteiger partial charge in [-0.1, -0.05) is 18.2 Å². The highest BCUT2D eigenvalue weighted by molar-refractivity contribution is 5.85. The molecule has 2 unspecified atom stereocenters. The highest BCUT2D eigenvalue weighted by atomic mass is 19.1. The molecule has 18 heavy (non-hydrogen) atoms. The summed E-state index contributed by atoms with van der Waals surface area (Å²) in [6.07, 6.45) is 4.65. The predicted molar refractivity (Wildman–Crippen MR) is 71.2 cm³/mol. The third-order valence-electron chi connectivity index (χ3n) is 3.76. The van der Waals surface area contributed by atoms with Crippen LogP contribution in [0.1, 0.15) is 24.6 Å². The molecule has 0 bridgehead atoms. The van der Waals surface area contributed by atoms with E-state index < -0.39 is 6.17 Å². The molecule has 2 heterocycles. The molecule has 3 heteroatoms. The number of hydrogen-bond donors (Lipinski definition) is 1. The molecule has 94 valence electrons. The standard InChI is InChI=1S/C15H17FN2/c16-15(12-4-2-7-17-9-12)13-5-1-3-11-6-8-18-10-14(11)13/h1,3,5-6,8,10,12,15,17H,2,4,7,9H2. The number of hydrogen-bond acceptors (Lipinski definition) is 2. The van der Waals surface area contributed by atoms with E-state index in [1.807, 2.05) is 24.3 Å². The number of nitrogens with zero attached hydrogens (tertiary/aromatic N) is 1. The SMILES string of the molecule is FC(c1cccc2ccncc12)C1CCCNC1. The minimum absolute atomic E-state index is 0.0876. The quantitative estimate of drug-likeness (QED) is 0.877. The third-order valence-corrected chi connectivity index (χ3v) is 3.76. The topological polar surface area (TPSA) is 24.9 Å². The van der Waals surface area contributed by atoms with Crippen LogP contribution in [0.5, 0.6) is 0 Å². The Morgan fingerprint density at radius 1 is 1.33 bits per heavy atom. The van der Waals surface area contributed by atoms with E-state index >= 15 is 0 Å². The number of fused-ring (bicyclic) bond motifs is 1. The van der Waals surface area contributed by atoms with Gasteiger partial charge in [0.15, 0.2) is 0 Å². The van der Waals surface area contributed by atoms with E-state index in [0.29, 0.717) is 0 Å². The van der Waals surface area contributed by atoms with E-state index in [1.54, 1.807) is 12.4 Å². The van der Waals surface area contributed by atoms with E-state index in [1.165, 1.54) is 0 Å². The summed E-state index contributed by atoms with van der Waals surface area (Å²) in [5.74, 6) is 0.0876. The van der Waals surface area contributed by atoms with Crippen molar-refractivity contribution in [3.63, 3.8) is 0 Å². The van der Waals surface area contributed by atoms with Crippen molar-refractivity contribution >= 4 is 10.8 Å². The number of alkyl halides is 1. The first-order chi connectivity index (χ1) is 8.86. The maximum absolute atomic E-state index is 14.7. The minimum Gasteiger partial charge on any atom is -0.316 e. The monoisotopic (exact) mass is 244 g/mol. The molecule has 2 aromatic rings. The van der Waals surface area contributed by atoms with E-state index in [-0.39, 0.29) is 5.92 Å². The van der Waals surface area contributed by atoms with Crippen LogP contribution in [0.4, 0.5) is 4.39 Å². The Hall–Kier alpha value is -1.48. The van der Waals surface area contributed by atoms with E-state index in [0.717, 1.165) is 42.3 Å². The summed E-state index contributed by atoms with van der Waals surface area (Å²) in [6, 6.07) is 7.76. The first-order valence-corrected chi connectivity index (χ1v) is 6.53. The van der Waals surface area contributed by atoms with Gasteiger partial charge in [0.2, 0.25) is 0 Å². The molecule has 1 aliphatic heterocycles. The average Bonchev–Trinajstić information content (AvgIpc) is 2.47. The van der Waals surface area contributed by atoms with Crippen LogP contribution in [0.3, 0.4) is 0 Å². The van der Waals surface area contributed by atoms with Crippen molar-refractivity contribution in [3.8, 4) is 0 Å². The van der Waals surface area contributed by atoms with Gasteiger partial charge in [0.05, 0.1) is 0 Å². The number of pyridine rings is 1. The number of piperidine rings is 1. The molecule has 1 aliphatic rings. The van der Waals surface area contributed by atoms with Gasteiger partial charge in [0.25, 0.3) is 0 Å². The van der Waals surface area contributed by atoms with Crippen molar-refractivity contribution < 1.29 is 4.39 Å². The van der Waals surface area contributed by atoms with Crippen LogP contribution in [-0.4, -0.2) is 18.1 Å². The fourth-order valence-electron chi connectivity index (χ4n) is 2.76. The maximum Gasteiger partial charge on any atom is 0.130 e. The molecule has 0 aliphatic carbocycles. The highest BCUT2D eigenvalue weighted by Gasteiger charge is 2.25. The molecule has 1 saturated heterocycles. The minimum atomic E-state index is -0.898. The summed E-state index contributed by atoms with van der Waals surface area (Å²) in [5, 5.41) is 5.28. The van der Waals surface area contributed by atoms with Crippen molar-refractivity contribution in [3.05, 3.63) is 42.2 Å². The Kier molecular flexibility index (Phi) is 3.24. The fourth-order valence-corrected chi connectivity index (χ4v) is 2.76. The number of aromatic nitrogens is 1. The van der Waals surface area contributed by atoms with Crippen LogP contribution >= 0.6 is 0 Å². The second-order valence-electron chi connectivity index (χ2n) is 4.95. The smallest absolute Gasteiger partial charge is 0.130 e. The lowest BCUT2D eigenvalue weighted by molar-refractivity contribution is 0.196. The van der Waals surface area contributed by atoms with Gasteiger partial charge in [-0.2, -0.15) is 0 Å². The predicted octanol–water partition coefficient (Wildman–Crippen LogP) is 3.25. The number of rotatable bonds is 2. The highest BCUT2D eigenvalue weighted by Crippen LogP contribution is 2.34. The first-order valence-electron chi connectivity index (χ1n) is 6.53. The second-order valence-corrected chi connectivity index (χ2v) is 4.95. The molecule has 1 aromatic heterocycles. The molecule has 0 saturated carbocycles. The normalized spacial score (nSPS) is 21.9. The van der Waals surface area contributed by atoms with Gasteiger partial charge < -0.3 is 5.32 Å². The van der Waals surface area contributed by atoms with Crippen LogP contribution in [0, 0.1) is 5.92 Å². The zero-order valence-corrected chi connectivity index (χ0v) is 10.3. The van der Waals surface area contributed by atoms with Gasteiger partial charge in [-0.3, -0.25) is 4.98 Å². The third kappa shape index (κ3) is 2.10. The largest absolute Gasteiger partial charge is 0.316 e. The molecule has 2 nitrogen and oxygen atoms in total. The zero-order valence-electron chi connectivity index (χ0n) is 10.3. The van der Waals surface area contributed by atoms with Gasteiger partial charge in [0.1, 0.15) is 6.17 Å². The summed E-state index contributed by atoms with van der Waals surface area (Å²) >= 11 is 0. The van der Waals surface area contributed by atoms with Crippen LogP contribution in [0.25, 0.3) is 10.8 Å². The van der Waals surface area contributed by atoms with Gasteiger partial charge in [-0.25, -0.2) is 4.39 Å². The molecule has 0 amide bonds. The Morgan fingerprint density at radius 2 is 2.28 bits per heavy atom. The molecule has 1 aromatic carbocycles. The summed E-state index contributed by atoms with van der Waals surface area (Å²) in [7, 11) is 0. The van der Waals surface area contributed by atoms with Crippen molar-refractivity contribution in [2.45, 2.75) is 19.0 Å². The fraction of sp³-hybridized carbons (Fsp3) is 0.400. The Balaban J connectivity index is 1.97. The van der Waals surface area contributed by atoms with E-state index in [4.69, 9.17) is 0 Å². The summed E-state index contributed by atoms with van der Waals surface area (Å²) < 4.78 is 14.7. The molecule has 1 fully saturated rings. The lowest BCUT2D eigenvalue weighted by atomic mass is 9.89. The molecule has 0 radical (unpaired) electrons. The van der Waals surface area contributed by atoms with Gasteiger partial charge in [0, 0.05) is 30.2 Å². The zero-order chi connectivity index (χ0) is 12.4. The summed E-state index contributed by atoms with van der Waals surface area (Å²) in [6.45, 7) is 1.79. The van der Waals surface area contributed by atoms with E-state index in [2.05, 4.69) is 10.3 Å². The van der Waals surface area contributed by atoms with Crippen LogP contribution in [0.15, 0.2) is 36.7 Å². The number of benzene rings is 1. The molecule has 1 N–H and O–H groups in total. The van der Waals surface area contributed by atoms with Crippen molar-refractivity contribution in [1.82, 2.24) is 10.3 Å². The Labute approximate surface area is 106 Å². The molecule has 3 rings (SSSR count). The van der Waals surface area contributed by atoms with Crippen molar-refractivity contribution in [1.29, 1.82) is 0 Å².